The Hall–Kier alpha value is -1.73. The summed E-state index contributed by atoms with van der Waals surface area (Å²) in [6.07, 6.45) is 0.304. The third-order valence-electron chi connectivity index (χ3n) is 2.66. The topological polar surface area (TPSA) is 97.0 Å². The molecule has 1 aliphatic heterocycles. The van der Waals surface area contributed by atoms with E-state index in [-0.39, 0.29) is 17.8 Å². The molecule has 0 spiro atoms. The summed E-state index contributed by atoms with van der Waals surface area (Å²) in [5.74, 6) is -0.830. The predicted molar refractivity (Wildman–Crippen MR) is 66.0 cm³/mol. The summed E-state index contributed by atoms with van der Waals surface area (Å²) in [5, 5.41) is 19.6. The molecule has 1 N–H and O–H groups in total. The van der Waals surface area contributed by atoms with Crippen LogP contribution < -0.4 is 5.32 Å². The summed E-state index contributed by atoms with van der Waals surface area (Å²) in [7, 11) is 0. The maximum Gasteiger partial charge on any atom is 0.238 e. The van der Waals surface area contributed by atoms with Crippen molar-refractivity contribution < 1.29 is 9.59 Å². The van der Waals surface area contributed by atoms with Gasteiger partial charge in [0.05, 0.1) is 23.3 Å². The Bertz CT molecular complexity index is 412. The Morgan fingerprint density at radius 1 is 1.67 bits per heavy atom. The fourth-order valence-corrected chi connectivity index (χ4v) is 3.02. The summed E-state index contributed by atoms with van der Waals surface area (Å²) in [6.45, 7) is 2.34. The highest BCUT2D eigenvalue weighted by atomic mass is 32.2. The first-order valence-electron chi connectivity index (χ1n) is 5.59. The third kappa shape index (κ3) is 3.38. The van der Waals surface area contributed by atoms with E-state index in [0.29, 0.717) is 18.7 Å². The van der Waals surface area contributed by atoms with E-state index in [1.165, 1.54) is 11.8 Å². The van der Waals surface area contributed by atoms with E-state index in [1.807, 2.05) is 13.0 Å². The Labute approximate surface area is 110 Å². The van der Waals surface area contributed by atoms with Crippen molar-refractivity contribution in [2.45, 2.75) is 18.7 Å². The molecule has 7 heteroatoms. The number of carbonyl (C=O) groups is 2. The van der Waals surface area contributed by atoms with Crippen LogP contribution in [0, 0.1) is 28.6 Å². The van der Waals surface area contributed by atoms with Crippen LogP contribution in [0.25, 0.3) is 0 Å². The summed E-state index contributed by atoms with van der Waals surface area (Å²) >= 11 is 1.45. The Morgan fingerprint density at radius 3 is 2.94 bits per heavy atom. The molecule has 0 aromatic rings. The Kier molecular flexibility index (Phi) is 5.47. The largest absolute Gasteiger partial charge is 0.342 e. The second-order valence-corrected chi connectivity index (χ2v) is 4.90. The van der Waals surface area contributed by atoms with E-state index < -0.39 is 11.8 Å². The fraction of sp³-hybridized carbons (Fsp3) is 0.636. The molecule has 1 saturated heterocycles. The van der Waals surface area contributed by atoms with Crippen LogP contribution in [0.15, 0.2) is 0 Å². The molecule has 0 radical (unpaired) electrons. The molecule has 1 rings (SSSR count). The standard InChI is InChI=1S/C11H14N4O2S/c1-2-15-9(16)7-18-10(15)5-8(6-13)11(17)14-4-3-12/h8,10H,2,4-5,7H2,1H3,(H,14,17). The zero-order chi connectivity index (χ0) is 13.5. The molecular formula is C11H14N4O2S. The number of rotatable bonds is 5. The predicted octanol–water partition coefficient (Wildman–Crippen LogP) is 0.0775. The molecule has 2 atom stereocenters. The average Bonchev–Trinajstić information content (AvgIpc) is 2.73. The highest BCUT2D eigenvalue weighted by Crippen LogP contribution is 2.29. The molecule has 0 saturated carbocycles. The van der Waals surface area contributed by atoms with Gasteiger partial charge in [0.15, 0.2) is 0 Å². The van der Waals surface area contributed by atoms with Crippen LogP contribution in [-0.2, 0) is 9.59 Å². The molecule has 2 amide bonds. The first-order valence-corrected chi connectivity index (χ1v) is 6.64. The van der Waals surface area contributed by atoms with Gasteiger partial charge in [-0.05, 0) is 6.92 Å². The molecule has 96 valence electrons. The minimum atomic E-state index is -0.823. The van der Waals surface area contributed by atoms with E-state index in [4.69, 9.17) is 10.5 Å². The van der Waals surface area contributed by atoms with Crippen molar-refractivity contribution in [2.24, 2.45) is 5.92 Å². The minimum absolute atomic E-state index is 0.0432. The molecule has 0 aromatic carbocycles. The van der Waals surface area contributed by atoms with E-state index in [2.05, 4.69) is 5.32 Å². The highest BCUT2D eigenvalue weighted by Gasteiger charge is 2.34. The van der Waals surface area contributed by atoms with E-state index in [9.17, 15) is 9.59 Å². The van der Waals surface area contributed by atoms with Crippen LogP contribution in [-0.4, -0.2) is 40.9 Å². The van der Waals surface area contributed by atoms with Gasteiger partial charge in [0, 0.05) is 13.0 Å². The number of carbonyl (C=O) groups excluding carboxylic acids is 2. The lowest BCUT2D eigenvalue weighted by Crippen LogP contribution is -2.37. The van der Waals surface area contributed by atoms with Crippen LogP contribution in [0.4, 0.5) is 0 Å². The van der Waals surface area contributed by atoms with Crippen molar-refractivity contribution in [1.82, 2.24) is 10.2 Å². The molecule has 18 heavy (non-hydrogen) atoms. The third-order valence-corrected chi connectivity index (χ3v) is 3.90. The van der Waals surface area contributed by atoms with Gasteiger partial charge >= 0.3 is 0 Å². The van der Waals surface area contributed by atoms with Crippen molar-refractivity contribution in [2.75, 3.05) is 18.8 Å². The summed E-state index contributed by atoms with van der Waals surface area (Å²) in [6, 6.07) is 3.71. The molecule has 0 bridgehead atoms. The number of hydrogen-bond acceptors (Lipinski definition) is 5. The molecule has 0 aliphatic carbocycles. The lowest BCUT2D eigenvalue weighted by atomic mass is 10.1. The number of nitriles is 2. The maximum absolute atomic E-state index is 11.6. The minimum Gasteiger partial charge on any atom is -0.342 e. The number of hydrogen-bond donors (Lipinski definition) is 1. The van der Waals surface area contributed by atoms with Gasteiger partial charge < -0.3 is 10.2 Å². The second-order valence-electron chi connectivity index (χ2n) is 3.74. The van der Waals surface area contributed by atoms with E-state index >= 15 is 0 Å². The molecular weight excluding hydrogens is 252 g/mol. The second kappa shape index (κ2) is 6.87. The monoisotopic (exact) mass is 266 g/mol. The van der Waals surface area contributed by atoms with E-state index in [0.717, 1.165) is 0 Å². The number of nitrogens with zero attached hydrogens (tertiary/aromatic N) is 3. The summed E-state index contributed by atoms with van der Waals surface area (Å²) in [5.41, 5.74) is 0. The van der Waals surface area contributed by atoms with E-state index in [1.54, 1.807) is 11.0 Å². The zero-order valence-corrected chi connectivity index (χ0v) is 10.9. The average molecular weight is 266 g/mol. The molecule has 0 aromatic heterocycles. The first kappa shape index (κ1) is 14.3. The van der Waals surface area contributed by atoms with Crippen molar-refractivity contribution in [3.8, 4) is 12.1 Å². The SMILES string of the molecule is CCN1C(=O)CSC1CC(C#N)C(=O)NCC#N. The highest BCUT2D eigenvalue weighted by molar-refractivity contribution is 8.00. The van der Waals surface area contributed by atoms with Gasteiger partial charge in [-0.1, -0.05) is 0 Å². The fourth-order valence-electron chi connectivity index (χ4n) is 1.75. The van der Waals surface area contributed by atoms with Crippen LogP contribution in [0.1, 0.15) is 13.3 Å². The zero-order valence-electron chi connectivity index (χ0n) is 10.0. The molecule has 1 fully saturated rings. The number of amides is 2. The molecule has 1 heterocycles. The number of nitrogens with one attached hydrogen (secondary N) is 1. The van der Waals surface area contributed by atoms with Gasteiger partial charge in [-0.2, -0.15) is 10.5 Å². The molecule has 6 nitrogen and oxygen atoms in total. The number of thioether (sulfide) groups is 1. The van der Waals surface area contributed by atoms with Crippen LogP contribution >= 0.6 is 11.8 Å². The van der Waals surface area contributed by atoms with Gasteiger partial charge in [0.2, 0.25) is 11.8 Å². The Balaban J connectivity index is 2.59. The van der Waals surface area contributed by atoms with Crippen LogP contribution in [0.2, 0.25) is 0 Å². The smallest absolute Gasteiger partial charge is 0.238 e. The van der Waals surface area contributed by atoms with Gasteiger partial charge in [0.1, 0.15) is 12.5 Å². The normalized spacial score (nSPS) is 20.1. The lowest BCUT2D eigenvalue weighted by Gasteiger charge is -2.23. The van der Waals surface area contributed by atoms with Crippen LogP contribution in [0.3, 0.4) is 0 Å². The lowest BCUT2D eigenvalue weighted by molar-refractivity contribution is -0.129. The quantitative estimate of drug-likeness (QED) is 0.711. The first-order chi connectivity index (χ1) is 8.63. The van der Waals surface area contributed by atoms with Gasteiger partial charge in [-0.25, -0.2) is 0 Å². The van der Waals surface area contributed by atoms with Gasteiger partial charge in [0.25, 0.3) is 0 Å². The van der Waals surface area contributed by atoms with Gasteiger partial charge in [-0.15, -0.1) is 11.8 Å². The summed E-state index contributed by atoms with van der Waals surface area (Å²) < 4.78 is 0. The summed E-state index contributed by atoms with van der Waals surface area (Å²) in [4.78, 5) is 24.8. The van der Waals surface area contributed by atoms with Crippen LogP contribution in [0.5, 0.6) is 0 Å². The van der Waals surface area contributed by atoms with Crippen molar-refractivity contribution >= 4 is 23.6 Å². The van der Waals surface area contributed by atoms with Crippen molar-refractivity contribution in [3.05, 3.63) is 0 Å². The van der Waals surface area contributed by atoms with Gasteiger partial charge in [-0.3, -0.25) is 9.59 Å². The maximum atomic E-state index is 11.6. The Morgan fingerprint density at radius 2 is 2.39 bits per heavy atom. The van der Waals surface area contributed by atoms with Crippen molar-refractivity contribution in [1.29, 1.82) is 10.5 Å². The molecule has 1 aliphatic rings. The van der Waals surface area contributed by atoms with Crippen molar-refractivity contribution in [3.63, 3.8) is 0 Å². The molecule has 2 unspecified atom stereocenters.